The van der Waals surface area contributed by atoms with Gasteiger partial charge in [0, 0.05) is 9.92 Å². The zero-order valence-corrected chi connectivity index (χ0v) is 14.3. The molecule has 0 saturated heterocycles. The van der Waals surface area contributed by atoms with Gasteiger partial charge in [0.05, 0.1) is 11.3 Å². The van der Waals surface area contributed by atoms with E-state index in [-0.39, 0.29) is 17.2 Å². The van der Waals surface area contributed by atoms with Gasteiger partial charge in [-0.05, 0) is 43.2 Å². The first kappa shape index (κ1) is 16.9. The highest BCUT2D eigenvalue weighted by molar-refractivity contribution is 8.00. The second-order valence-electron chi connectivity index (χ2n) is 5.09. The quantitative estimate of drug-likeness (QED) is 0.746. The summed E-state index contributed by atoms with van der Waals surface area (Å²) in [7, 11) is 0. The molecule has 4 heteroatoms. The first-order valence-electron chi connectivity index (χ1n) is 7.37. The number of benzene rings is 2. The second-order valence-corrected chi connectivity index (χ2v) is 6.94. The van der Waals surface area contributed by atoms with Gasteiger partial charge in [0.25, 0.3) is 0 Å². The highest BCUT2D eigenvalue weighted by atomic mass is 35.5. The van der Waals surface area contributed by atoms with Crippen LogP contribution in [0, 0.1) is 0 Å². The van der Waals surface area contributed by atoms with Crippen molar-refractivity contribution in [3.63, 3.8) is 0 Å². The van der Waals surface area contributed by atoms with Crippen LogP contribution in [-0.4, -0.2) is 11.2 Å². The average Bonchev–Trinajstić information content (AvgIpc) is 2.55. The van der Waals surface area contributed by atoms with E-state index < -0.39 is 0 Å². The summed E-state index contributed by atoms with van der Waals surface area (Å²) in [6.07, 6.45) is 0.869. The van der Waals surface area contributed by atoms with E-state index in [1.165, 1.54) is 11.8 Å². The molecule has 2 aromatic rings. The number of rotatable bonds is 6. The lowest BCUT2D eigenvalue weighted by molar-refractivity contribution is -0.121. The number of hydrogen-bond acceptors (Lipinski definition) is 2. The van der Waals surface area contributed by atoms with E-state index in [1.807, 2.05) is 61.5 Å². The van der Waals surface area contributed by atoms with Crippen LogP contribution in [-0.2, 0) is 4.79 Å². The molecule has 116 valence electrons. The predicted octanol–water partition coefficient (Wildman–Crippen LogP) is 5.09. The van der Waals surface area contributed by atoms with Gasteiger partial charge in [0.2, 0.25) is 5.91 Å². The highest BCUT2D eigenvalue weighted by Crippen LogP contribution is 2.25. The number of halogens is 1. The van der Waals surface area contributed by atoms with Crippen LogP contribution in [0.15, 0.2) is 59.5 Å². The minimum absolute atomic E-state index is 0.0515. The fraction of sp³-hybridized carbons (Fsp3) is 0.278. The molecule has 2 rings (SSSR count). The van der Waals surface area contributed by atoms with Gasteiger partial charge in [-0.1, -0.05) is 48.9 Å². The Hall–Kier alpha value is -1.45. The topological polar surface area (TPSA) is 29.1 Å². The lowest BCUT2D eigenvalue weighted by atomic mass is 10.0. The summed E-state index contributed by atoms with van der Waals surface area (Å²) >= 11 is 7.42. The molecule has 0 aliphatic heterocycles. The van der Waals surface area contributed by atoms with E-state index in [1.54, 1.807) is 0 Å². The monoisotopic (exact) mass is 333 g/mol. The molecule has 0 aliphatic carbocycles. The van der Waals surface area contributed by atoms with Crippen LogP contribution in [0.3, 0.4) is 0 Å². The molecule has 0 aliphatic rings. The van der Waals surface area contributed by atoms with Gasteiger partial charge in [-0.3, -0.25) is 4.79 Å². The zero-order chi connectivity index (χ0) is 15.9. The molecule has 2 atom stereocenters. The largest absolute Gasteiger partial charge is 0.348 e. The Morgan fingerprint density at radius 1 is 1.14 bits per heavy atom. The van der Waals surface area contributed by atoms with Crippen molar-refractivity contribution < 1.29 is 4.79 Å². The Morgan fingerprint density at radius 3 is 2.36 bits per heavy atom. The van der Waals surface area contributed by atoms with Gasteiger partial charge in [-0.25, -0.2) is 0 Å². The summed E-state index contributed by atoms with van der Waals surface area (Å²) in [5, 5.41) is 3.68. The van der Waals surface area contributed by atoms with Gasteiger partial charge in [0.1, 0.15) is 0 Å². The molecule has 0 spiro atoms. The van der Waals surface area contributed by atoms with Gasteiger partial charge >= 0.3 is 0 Å². The lowest BCUT2D eigenvalue weighted by Gasteiger charge is -2.20. The van der Waals surface area contributed by atoms with Crippen LogP contribution < -0.4 is 5.32 Å². The molecule has 2 aromatic carbocycles. The number of carbonyl (C=O) groups excluding carboxylic acids is 1. The summed E-state index contributed by atoms with van der Waals surface area (Å²) in [6.45, 7) is 4.00. The molecule has 0 saturated carbocycles. The van der Waals surface area contributed by atoms with Gasteiger partial charge < -0.3 is 5.32 Å². The Morgan fingerprint density at radius 2 is 1.77 bits per heavy atom. The second kappa shape index (κ2) is 8.25. The normalized spacial score (nSPS) is 13.4. The fourth-order valence-electron chi connectivity index (χ4n) is 2.17. The summed E-state index contributed by atoms with van der Waals surface area (Å²) in [5.41, 5.74) is 1.14. The summed E-state index contributed by atoms with van der Waals surface area (Å²) in [5.74, 6) is 0.0515. The van der Waals surface area contributed by atoms with Crippen LogP contribution in [0.4, 0.5) is 0 Å². The third-order valence-electron chi connectivity index (χ3n) is 3.42. The minimum Gasteiger partial charge on any atom is -0.348 e. The maximum Gasteiger partial charge on any atom is 0.233 e. The number of carbonyl (C=O) groups is 1. The molecule has 0 heterocycles. The Labute approximate surface area is 141 Å². The molecule has 0 unspecified atom stereocenters. The van der Waals surface area contributed by atoms with E-state index in [0.29, 0.717) is 5.02 Å². The van der Waals surface area contributed by atoms with Crippen molar-refractivity contribution in [3.05, 3.63) is 65.2 Å². The zero-order valence-electron chi connectivity index (χ0n) is 12.8. The Balaban J connectivity index is 1.96. The maximum atomic E-state index is 12.4. The molecular formula is C18H20ClNOS. The smallest absolute Gasteiger partial charge is 0.233 e. The standard InChI is InChI=1S/C18H20ClNOS/c1-3-17(14-7-5-4-6-8-14)20-18(21)13(2)22-16-11-9-15(19)10-12-16/h4-13,17H,3H2,1-2H3,(H,20,21)/t13-,17-/m1/s1. The van der Waals surface area contributed by atoms with Crippen LogP contribution >= 0.6 is 23.4 Å². The van der Waals surface area contributed by atoms with Crippen LogP contribution in [0.25, 0.3) is 0 Å². The van der Waals surface area contributed by atoms with Crippen molar-refractivity contribution in [2.75, 3.05) is 0 Å². The Kier molecular flexibility index (Phi) is 6.34. The third-order valence-corrected chi connectivity index (χ3v) is 4.79. The molecular weight excluding hydrogens is 314 g/mol. The third kappa shape index (κ3) is 4.79. The SMILES string of the molecule is CC[C@@H](NC(=O)[C@@H](C)Sc1ccc(Cl)cc1)c1ccccc1. The lowest BCUT2D eigenvalue weighted by Crippen LogP contribution is -2.34. The number of amides is 1. The van der Waals surface area contributed by atoms with Crippen molar-refractivity contribution in [1.29, 1.82) is 0 Å². The molecule has 2 nitrogen and oxygen atoms in total. The van der Waals surface area contributed by atoms with E-state index in [2.05, 4.69) is 12.2 Å². The summed E-state index contributed by atoms with van der Waals surface area (Å²) in [6, 6.07) is 17.7. The van der Waals surface area contributed by atoms with Crippen LogP contribution in [0.1, 0.15) is 31.9 Å². The minimum atomic E-state index is -0.154. The maximum absolute atomic E-state index is 12.4. The summed E-state index contributed by atoms with van der Waals surface area (Å²) in [4.78, 5) is 13.4. The Bertz CT molecular complexity index is 600. The molecule has 1 amide bonds. The van der Waals surface area contributed by atoms with Crippen molar-refractivity contribution in [2.45, 2.75) is 36.5 Å². The van der Waals surface area contributed by atoms with Gasteiger partial charge in [-0.15, -0.1) is 11.8 Å². The van der Waals surface area contributed by atoms with Gasteiger partial charge in [-0.2, -0.15) is 0 Å². The average molecular weight is 334 g/mol. The first-order chi connectivity index (χ1) is 10.6. The molecule has 0 bridgehead atoms. The predicted molar refractivity (Wildman–Crippen MR) is 94.4 cm³/mol. The number of hydrogen-bond donors (Lipinski definition) is 1. The summed E-state index contributed by atoms with van der Waals surface area (Å²) < 4.78 is 0. The molecule has 1 N–H and O–H groups in total. The van der Waals surface area contributed by atoms with E-state index in [9.17, 15) is 4.79 Å². The molecule has 0 radical (unpaired) electrons. The number of nitrogens with one attached hydrogen (secondary N) is 1. The molecule has 22 heavy (non-hydrogen) atoms. The highest BCUT2D eigenvalue weighted by Gasteiger charge is 2.18. The van der Waals surface area contributed by atoms with Crippen LogP contribution in [0.2, 0.25) is 5.02 Å². The van der Waals surface area contributed by atoms with E-state index in [0.717, 1.165) is 16.9 Å². The molecule has 0 aromatic heterocycles. The van der Waals surface area contributed by atoms with Crippen molar-refractivity contribution >= 4 is 29.3 Å². The van der Waals surface area contributed by atoms with Crippen molar-refractivity contribution in [3.8, 4) is 0 Å². The van der Waals surface area contributed by atoms with E-state index >= 15 is 0 Å². The molecule has 0 fully saturated rings. The van der Waals surface area contributed by atoms with E-state index in [4.69, 9.17) is 11.6 Å². The number of thioether (sulfide) groups is 1. The van der Waals surface area contributed by atoms with Gasteiger partial charge in [0.15, 0.2) is 0 Å². The first-order valence-corrected chi connectivity index (χ1v) is 8.63. The fourth-order valence-corrected chi connectivity index (χ4v) is 3.17. The van der Waals surface area contributed by atoms with Crippen molar-refractivity contribution in [1.82, 2.24) is 5.32 Å². The van der Waals surface area contributed by atoms with Crippen molar-refractivity contribution in [2.24, 2.45) is 0 Å². The van der Waals surface area contributed by atoms with Crippen LogP contribution in [0.5, 0.6) is 0 Å².